The van der Waals surface area contributed by atoms with Crippen molar-refractivity contribution in [1.29, 1.82) is 0 Å². The summed E-state index contributed by atoms with van der Waals surface area (Å²) >= 11 is 0. The Morgan fingerprint density at radius 1 is 0.604 bits per heavy atom. The summed E-state index contributed by atoms with van der Waals surface area (Å²) in [6.45, 7) is 3.50. The Bertz CT molecular complexity index is 1190. The first-order valence-electron chi connectivity index (χ1n) is 20.0. The molecule has 300 valence electrons. The summed E-state index contributed by atoms with van der Waals surface area (Å²) in [6.07, 6.45) is 47.5. The highest BCUT2D eigenvalue weighted by atomic mass is 31.2. The highest BCUT2D eigenvalue weighted by Gasteiger charge is 2.36. The average molecular weight is 761 g/mol. The van der Waals surface area contributed by atoms with Crippen molar-refractivity contribution in [3.63, 3.8) is 0 Å². The van der Waals surface area contributed by atoms with Crippen molar-refractivity contribution in [3.8, 4) is 0 Å². The molecule has 0 radical (unpaired) electrons. The molecule has 1 aliphatic rings. The zero-order valence-electron chi connectivity index (χ0n) is 32.6. The minimum Gasteiger partial charge on any atom is -0.462 e. The molecule has 2 unspecified atom stereocenters. The first-order chi connectivity index (χ1) is 25.7. The third-order valence-corrected chi connectivity index (χ3v) is 8.80. The molecule has 3 atom stereocenters. The van der Waals surface area contributed by atoms with Crippen LogP contribution in [0.3, 0.4) is 0 Å². The molecule has 0 aromatic heterocycles. The normalized spacial score (nSPS) is 17.2. The van der Waals surface area contributed by atoms with Crippen LogP contribution in [0.15, 0.2) is 85.1 Å². The van der Waals surface area contributed by atoms with Crippen LogP contribution in [0.25, 0.3) is 0 Å². The molecule has 0 aromatic carbocycles. The Hall–Kier alpha value is -2.81. The number of hydrogen-bond acceptors (Lipinski definition) is 7. The molecule has 1 aliphatic heterocycles. The number of esters is 2. The molecule has 1 heterocycles. The molecule has 0 spiro atoms. The Morgan fingerprint density at radius 2 is 1.08 bits per heavy atom. The van der Waals surface area contributed by atoms with Gasteiger partial charge in [-0.2, -0.15) is 0 Å². The second-order valence-electron chi connectivity index (χ2n) is 13.3. The van der Waals surface area contributed by atoms with Crippen molar-refractivity contribution >= 4 is 19.8 Å². The average Bonchev–Trinajstić information content (AvgIpc) is 3.88. The summed E-state index contributed by atoms with van der Waals surface area (Å²) in [7, 11) is -4.80. The fourth-order valence-electron chi connectivity index (χ4n) is 5.21. The summed E-state index contributed by atoms with van der Waals surface area (Å²) in [6, 6.07) is 0. The summed E-state index contributed by atoms with van der Waals surface area (Å²) in [4.78, 5) is 42.9. The summed E-state index contributed by atoms with van der Waals surface area (Å²) in [5.41, 5.74) is 0. The van der Waals surface area contributed by atoms with Gasteiger partial charge in [-0.15, -0.1) is 0 Å². The number of hydrogen-bond donors (Lipinski definition) is 2. The number of rotatable bonds is 34. The Balaban J connectivity index is 2.20. The van der Waals surface area contributed by atoms with E-state index in [0.717, 1.165) is 51.4 Å². The van der Waals surface area contributed by atoms with Crippen LogP contribution in [-0.4, -0.2) is 53.3 Å². The van der Waals surface area contributed by atoms with Gasteiger partial charge in [0.1, 0.15) is 6.61 Å². The summed E-state index contributed by atoms with van der Waals surface area (Å²) in [5.74, 6) is -1.04. The molecule has 9 nitrogen and oxygen atoms in total. The van der Waals surface area contributed by atoms with Crippen molar-refractivity contribution in [2.45, 2.75) is 161 Å². The molecule has 1 rings (SSSR count). The lowest BCUT2D eigenvalue weighted by Crippen LogP contribution is -2.29. The van der Waals surface area contributed by atoms with Gasteiger partial charge in [0.25, 0.3) is 0 Å². The van der Waals surface area contributed by atoms with E-state index in [-0.39, 0.29) is 31.7 Å². The number of phosphoric ester groups is 1. The third kappa shape index (κ3) is 33.5. The maximum absolute atomic E-state index is 12.5. The third-order valence-electron chi connectivity index (χ3n) is 8.31. The summed E-state index contributed by atoms with van der Waals surface area (Å²) < 4.78 is 32.0. The lowest BCUT2D eigenvalue weighted by molar-refractivity contribution is -0.161. The first kappa shape index (κ1) is 48.2. The number of unbranched alkanes of at least 4 members (excludes halogenated alkanes) is 7. The SMILES string of the molecule is CCCCC/C=C\C/C=C\C/C=C\C/C=C\CCCC(=O)OC[C@H](COP(=O)(O)O)OC(=O)CCCC1OC1C/C=C\C/C=C\C/C=C\CCCCC. The maximum atomic E-state index is 12.5. The first-order valence-corrected chi connectivity index (χ1v) is 21.5. The maximum Gasteiger partial charge on any atom is 0.469 e. The van der Waals surface area contributed by atoms with Crippen molar-refractivity contribution < 1.29 is 42.7 Å². The van der Waals surface area contributed by atoms with Gasteiger partial charge < -0.3 is 24.0 Å². The van der Waals surface area contributed by atoms with E-state index in [0.29, 0.717) is 25.7 Å². The molecular formula is C43H69O9P. The van der Waals surface area contributed by atoms with Crippen LogP contribution in [-0.2, 0) is 32.9 Å². The van der Waals surface area contributed by atoms with Crippen LogP contribution >= 0.6 is 7.82 Å². The fourth-order valence-corrected chi connectivity index (χ4v) is 5.58. The largest absolute Gasteiger partial charge is 0.469 e. The van der Waals surface area contributed by atoms with Crippen LogP contribution in [0.4, 0.5) is 0 Å². The van der Waals surface area contributed by atoms with E-state index < -0.39 is 32.5 Å². The topological polar surface area (TPSA) is 132 Å². The fraction of sp³-hybridized carbons (Fsp3) is 0.628. The second kappa shape index (κ2) is 33.7. The van der Waals surface area contributed by atoms with Crippen molar-refractivity contribution in [1.82, 2.24) is 0 Å². The van der Waals surface area contributed by atoms with Gasteiger partial charge in [0.15, 0.2) is 6.10 Å². The number of carbonyl (C=O) groups is 2. The van der Waals surface area contributed by atoms with E-state index in [1.54, 1.807) is 0 Å². The van der Waals surface area contributed by atoms with Crippen LogP contribution < -0.4 is 0 Å². The van der Waals surface area contributed by atoms with Crippen molar-refractivity contribution in [2.24, 2.45) is 0 Å². The van der Waals surface area contributed by atoms with Crippen molar-refractivity contribution in [2.75, 3.05) is 13.2 Å². The van der Waals surface area contributed by atoms with Crippen LogP contribution in [0.5, 0.6) is 0 Å². The molecule has 1 saturated heterocycles. The highest BCUT2D eigenvalue weighted by molar-refractivity contribution is 7.46. The van der Waals surface area contributed by atoms with Crippen LogP contribution in [0.2, 0.25) is 0 Å². The number of allylic oxidation sites excluding steroid dienone is 13. The van der Waals surface area contributed by atoms with E-state index in [1.807, 2.05) is 6.08 Å². The second-order valence-corrected chi connectivity index (χ2v) is 14.5. The van der Waals surface area contributed by atoms with Gasteiger partial charge in [-0.1, -0.05) is 125 Å². The number of epoxide rings is 1. The van der Waals surface area contributed by atoms with Crippen LogP contribution in [0, 0.1) is 0 Å². The van der Waals surface area contributed by atoms with E-state index >= 15 is 0 Å². The Morgan fingerprint density at radius 3 is 1.58 bits per heavy atom. The Labute approximate surface area is 320 Å². The van der Waals surface area contributed by atoms with Gasteiger partial charge in [0.2, 0.25) is 0 Å². The van der Waals surface area contributed by atoms with E-state index in [9.17, 15) is 14.2 Å². The standard InChI is InChI=1S/C43H69O9P/c1-3-5-7-9-11-13-15-17-18-19-20-21-23-25-27-29-31-35-42(44)49-37-39(38-50-53(46,47)48)51-43(45)36-32-34-41-40(52-41)33-30-28-26-24-22-16-14-12-10-8-6-4-2/h11-14,17-18,20-22,24-25,27-28,30,39-41H,3-10,15-16,19,23,26,29,31-38H2,1-2H3,(H2,46,47,48)/b13-11-,14-12-,18-17-,21-20-,24-22-,27-25-,30-28-/t39-,40?,41?/m1/s1. The van der Waals surface area contributed by atoms with E-state index in [4.69, 9.17) is 24.0 Å². The molecule has 2 N–H and O–H groups in total. The van der Waals surface area contributed by atoms with Gasteiger partial charge in [0, 0.05) is 12.8 Å². The molecule has 0 saturated carbocycles. The lowest BCUT2D eigenvalue weighted by Gasteiger charge is -2.18. The van der Waals surface area contributed by atoms with Gasteiger partial charge >= 0.3 is 19.8 Å². The van der Waals surface area contributed by atoms with Gasteiger partial charge in [-0.25, -0.2) is 4.57 Å². The van der Waals surface area contributed by atoms with E-state index in [2.05, 4.69) is 97.4 Å². The summed E-state index contributed by atoms with van der Waals surface area (Å²) in [5, 5.41) is 0. The van der Waals surface area contributed by atoms with Gasteiger partial charge in [0.05, 0.1) is 18.8 Å². The number of phosphoric acid groups is 1. The molecule has 0 aromatic rings. The van der Waals surface area contributed by atoms with Crippen LogP contribution in [0.1, 0.15) is 142 Å². The molecule has 1 fully saturated rings. The molecule has 0 aliphatic carbocycles. The smallest absolute Gasteiger partial charge is 0.462 e. The number of ether oxygens (including phenoxy) is 3. The zero-order valence-corrected chi connectivity index (χ0v) is 33.5. The predicted molar refractivity (Wildman–Crippen MR) is 215 cm³/mol. The molecule has 53 heavy (non-hydrogen) atoms. The molecule has 0 amide bonds. The quantitative estimate of drug-likeness (QED) is 0.0216. The molecule has 10 heteroatoms. The molecular weight excluding hydrogens is 691 g/mol. The monoisotopic (exact) mass is 760 g/mol. The van der Waals surface area contributed by atoms with E-state index in [1.165, 1.54) is 38.5 Å². The lowest BCUT2D eigenvalue weighted by atomic mass is 10.1. The Kier molecular flexibility index (Phi) is 30.7. The highest BCUT2D eigenvalue weighted by Crippen LogP contribution is 2.36. The van der Waals surface area contributed by atoms with Gasteiger partial charge in [-0.05, 0) is 89.9 Å². The number of carbonyl (C=O) groups excluding carboxylic acids is 2. The predicted octanol–water partition coefficient (Wildman–Crippen LogP) is 11.1. The zero-order chi connectivity index (χ0) is 38.7. The van der Waals surface area contributed by atoms with Gasteiger partial charge in [-0.3, -0.25) is 14.1 Å². The minimum atomic E-state index is -4.80. The minimum absolute atomic E-state index is 0.103. The molecule has 0 bridgehead atoms. The van der Waals surface area contributed by atoms with Crippen molar-refractivity contribution in [3.05, 3.63) is 85.1 Å².